The average molecular weight is 457 g/mol. The van der Waals surface area contributed by atoms with Crippen LogP contribution in [-0.2, 0) is 11.3 Å². The number of methoxy groups -OCH3 is 1. The van der Waals surface area contributed by atoms with E-state index in [0.717, 1.165) is 11.3 Å². The quantitative estimate of drug-likeness (QED) is 0.316. The molecular formula is C26H24N4O4. The first-order chi connectivity index (χ1) is 16.5. The molecule has 34 heavy (non-hydrogen) atoms. The molecule has 8 nitrogen and oxygen atoms in total. The minimum atomic E-state index is -0.699. The van der Waals surface area contributed by atoms with Crippen LogP contribution in [0, 0.1) is 13.8 Å². The number of hydrogen-bond acceptors (Lipinski definition) is 6. The summed E-state index contributed by atoms with van der Waals surface area (Å²) in [5.41, 5.74) is 2.98. The predicted molar refractivity (Wildman–Crippen MR) is 127 cm³/mol. The van der Waals surface area contributed by atoms with Crippen LogP contribution in [0.3, 0.4) is 0 Å². The molecule has 4 aromatic rings. The lowest BCUT2D eigenvalue weighted by molar-refractivity contribution is -0.117. The molecule has 0 aliphatic heterocycles. The van der Waals surface area contributed by atoms with Gasteiger partial charge in [0.25, 0.3) is 11.7 Å². The normalized spacial score (nSPS) is 10.6. The molecule has 0 fully saturated rings. The number of rotatable bonds is 8. The van der Waals surface area contributed by atoms with Crippen molar-refractivity contribution in [3.63, 3.8) is 0 Å². The zero-order chi connectivity index (χ0) is 24.1. The van der Waals surface area contributed by atoms with Gasteiger partial charge in [-0.3, -0.25) is 9.59 Å². The maximum absolute atomic E-state index is 12.9. The number of nitrogens with one attached hydrogen (secondary N) is 1. The maximum atomic E-state index is 12.9. The number of para-hydroxylation sites is 1. The lowest BCUT2D eigenvalue weighted by atomic mass is 10.1. The van der Waals surface area contributed by atoms with Crippen LogP contribution in [0.2, 0.25) is 0 Å². The lowest BCUT2D eigenvalue weighted by Gasteiger charge is -2.08. The van der Waals surface area contributed by atoms with Crippen LogP contribution < -0.4 is 14.8 Å². The summed E-state index contributed by atoms with van der Waals surface area (Å²) in [6, 6.07) is 20.1. The number of ether oxygens (including phenoxy) is 2. The van der Waals surface area contributed by atoms with E-state index in [1.165, 1.54) is 0 Å². The monoisotopic (exact) mass is 456 g/mol. The van der Waals surface area contributed by atoms with E-state index in [2.05, 4.69) is 15.4 Å². The number of pyridine rings is 1. The molecule has 0 aliphatic carbocycles. The molecule has 4 rings (SSSR count). The highest BCUT2D eigenvalue weighted by atomic mass is 16.5. The van der Waals surface area contributed by atoms with Crippen LogP contribution in [0.5, 0.6) is 17.4 Å². The third-order valence-electron chi connectivity index (χ3n) is 5.24. The summed E-state index contributed by atoms with van der Waals surface area (Å²) in [4.78, 5) is 29.7. The van der Waals surface area contributed by atoms with E-state index in [1.807, 2.05) is 42.5 Å². The molecule has 1 N–H and O–H groups in total. The van der Waals surface area contributed by atoms with Crippen molar-refractivity contribution in [3.05, 3.63) is 95.4 Å². The molecule has 2 aromatic carbocycles. The molecule has 0 spiro atoms. The van der Waals surface area contributed by atoms with Crippen LogP contribution in [0.15, 0.2) is 72.9 Å². The van der Waals surface area contributed by atoms with Crippen molar-refractivity contribution in [3.8, 4) is 23.1 Å². The number of carbonyl (C=O) groups excluding carboxylic acids is 2. The van der Waals surface area contributed by atoms with E-state index in [9.17, 15) is 9.59 Å². The van der Waals surface area contributed by atoms with Crippen molar-refractivity contribution in [2.24, 2.45) is 0 Å². The number of carbonyl (C=O) groups is 2. The summed E-state index contributed by atoms with van der Waals surface area (Å²) in [5, 5.41) is 7.10. The van der Waals surface area contributed by atoms with Gasteiger partial charge in [0.2, 0.25) is 5.88 Å². The predicted octanol–water partition coefficient (Wildman–Crippen LogP) is 4.18. The molecule has 0 radical (unpaired) electrons. The van der Waals surface area contributed by atoms with E-state index in [4.69, 9.17) is 9.47 Å². The van der Waals surface area contributed by atoms with E-state index < -0.39 is 11.7 Å². The molecule has 8 heteroatoms. The number of hydrogen-bond donors (Lipinski definition) is 1. The lowest BCUT2D eigenvalue weighted by Crippen LogP contribution is -2.31. The first kappa shape index (κ1) is 22.7. The Balaban J connectivity index is 1.39. The van der Waals surface area contributed by atoms with Crippen molar-refractivity contribution in [1.82, 2.24) is 20.1 Å². The molecule has 2 heterocycles. The highest BCUT2D eigenvalue weighted by molar-refractivity contribution is 6.43. The Morgan fingerprint density at radius 3 is 2.44 bits per heavy atom. The standard InChI is InChI=1S/C26H24N4O4/c1-17-24(18(2)30(29-17)20-8-5-4-6-9-20)25(31)26(32)28-16-19-12-13-23(27-15-19)34-22-11-7-10-21(14-22)33-3/h4-15H,16H2,1-3H3,(H,28,32). The zero-order valence-electron chi connectivity index (χ0n) is 19.1. The smallest absolute Gasteiger partial charge is 0.292 e. The Bertz CT molecular complexity index is 1310. The molecule has 172 valence electrons. The van der Waals surface area contributed by atoms with Gasteiger partial charge in [-0.15, -0.1) is 0 Å². The molecule has 1 amide bonds. The van der Waals surface area contributed by atoms with Gasteiger partial charge >= 0.3 is 0 Å². The summed E-state index contributed by atoms with van der Waals surface area (Å²) in [5.74, 6) is 0.360. The van der Waals surface area contributed by atoms with Crippen LogP contribution in [-0.4, -0.2) is 33.6 Å². The fourth-order valence-electron chi connectivity index (χ4n) is 3.53. The molecule has 0 saturated heterocycles. The van der Waals surface area contributed by atoms with E-state index >= 15 is 0 Å². The zero-order valence-corrected chi connectivity index (χ0v) is 19.1. The second-order valence-electron chi connectivity index (χ2n) is 7.59. The fourth-order valence-corrected chi connectivity index (χ4v) is 3.53. The third-order valence-corrected chi connectivity index (χ3v) is 5.24. The number of aryl methyl sites for hydroxylation is 1. The van der Waals surface area contributed by atoms with Crippen LogP contribution in [0.1, 0.15) is 27.3 Å². The molecule has 0 saturated carbocycles. The molecule has 0 aliphatic rings. The second kappa shape index (κ2) is 9.99. The number of nitrogens with zero attached hydrogens (tertiary/aromatic N) is 3. The highest BCUT2D eigenvalue weighted by Gasteiger charge is 2.24. The van der Waals surface area contributed by atoms with Crippen LogP contribution >= 0.6 is 0 Å². The summed E-state index contributed by atoms with van der Waals surface area (Å²) in [6.07, 6.45) is 1.59. The average Bonchev–Trinajstić information content (AvgIpc) is 3.17. The Morgan fingerprint density at radius 1 is 0.971 bits per heavy atom. The first-order valence-electron chi connectivity index (χ1n) is 10.7. The van der Waals surface area contributed by atoms with E-state index in [0.29, 0.717) is 34.3 Å². The fraction of sp³-hybridized carbons (Fsp3) is 0.154. The molecule has 0 atom stereocenters. The summed E-state index contributed by atoms with van der Waals surface area (Å²) >= 11 is 0. The highest BCUT2D eigenvalue weighted by Crippen LogP contribution is 2.24. The minimum absolute atomic E-state index is 0.155. The van der Waals surface area contributed by atoms with Gasteiger partial charge in [-0.25, -0.2) is 9.67 Å². The Kier molecular flexibility index (Phi) is 6.68. The van der Waals surface area contributed by atoms with Gasteiger partial charge in [0.15, 0.2) is 0 Å². The van der Waals surface area contributed by atoms with Gasteiger partial charge in [-0.05, 0) is 43.7 Å². The van der Waals surface area contributed by atoms with Gasteiger partial charge in [0, 0.05) is 24.9 Å². The summed E-state index contributed by atoms with van der Waals surface area (Å²) in [6.45, 7) is 3.65. The second-order valence-corrected chi connectivity index (χ2v) is 7.59. The van der Waals surface area contributed by atoms with Gasteiger partial charge < -0.3 is 14.8 Å². The molecular weight excluding hydrogens is 432 g/mol. The molecule has 0 unspecified atom stereocenters. The largest absolute Gasteiger partial charge is 0.497 e. The van der Waals surface area contributed by atoms with Crippen molar-refractivity contribution in [2.45, 2.75) is 20.4 Å². The summed E-state index contributed by atoms with van der Waals surface area (Å²) < 4.78 is 12.6. The topological polar surface area (TPSA) is 95.3 Å². The van der Waals surface area contributed by atoms with Crippen molar-refractivity contribution in [2.75, 3.05) is 7.11 Å². The maximum Gasteiger partial charge on any atom is 0.292 e. The Hall–Kier alpha value is -4.46. The number of aromatic nitrogens is 3. The molecule has 0 bridgehead atoms. The molecule has 2 aromatic heterocycles. The van der Waals surface area contributed by atoms with Crippen molar-refractivity contribution in [1.29, 1.82) is 0 Å². The van der Waals surface area contributed by atoms with Gasteiger partial charge in [-0.2, -0.15) is 5.10 Å². The van der Waals surface area contributed by atoms with Crippen LogP contribution in [0.4, 0.5) is 0 Å². The van der Waals surface area contributed by atoms with E-state index in [1.54, 1.807) is 56.1 Å². The Labute approximate surface area is 197 Å². The number of ketones is 1. The number of Topliss-reactive ketones (excluding diaryl/α,β-unsaturated/α-hetero) is 1. The third kappa shape index (κ3) is 4.96. The van der Waals surface area contributed by atoms with Gasteiger partial charge in [0.05, 0.1) is 29.7 Å². The minimum Gasteiger partial charge on any atom is -0.497 e. The first-order valence-corrected chi connectivity index (χ1v) is 10.7. The number of amides is 1. The Morgan fingerprint density at radius 2 is 1.74 bits per heavy atom. The van der Waals surface area contributed by atoms with Crippen molar-refractivity contribution < 1.29 is 19.1 Å². The van der Waals surface area contributed by atoms with E-state index in [-0.39, 0.29) is 6.54 Å². The number of benzene rings is 2. The van der Waals surface area contributed by atoms with Gasteiger partial charge in [0.1, 0.15) is 11.5 Å². The van der Waals surface area contributed by atoms with Crippen LogP contribution in [0.25, 0.3) is 5.69 Å². The SMILES string of the molecule is COc1cccc(Oc2ccc(CNC(=O)C(=O)c3c(C)nn(-c4ccccc4)c3C)cn2)c1. The van der Waals surface area contributed by atoms with Gasteiger partial charge in [-0.1, -0.05) is 30.3 Å². The van der Waals surface area contributed by atoms with Crippen molar-refractivity contribution >= 4 is 11.7 Å². The summed E-state index contributed by atoms with van der Waals surface area (Å²) in [7, 11) is 1.59.